The van der Waals surface area contributed by atoms with Crippen LogP contribution in [0.2, 0.25) is 19.6 Å². The molecule has 2 rings (SSSR count). The van der Waals surface area contributed by atoms with E-state index in [0.29, 0.717) is 31.7 Å². The molecule has 0 aliphatic heterocycles. The number of aryl methyl sites for hydroxylation is 2. The first-order valence-electron chi connectivity index (χ1n) is 14.5. The Morgan fingerprint density at radius 2 is 1.46 bits per heavy atom. The number of benzene rings is 1. The Morgan fingerprint density at radius 1 is 0.872 bits per heavy atom. The number of nitrogens with one attached hydrogen (secondary N) is 1. The van der Waals surface area contributed by atoms with Gasteiger partial charge in [-0.2, -0.15) is 0 Å². The highest BCUT2D eigenvalue weighted by Crippen LogP contribution is 2.30. The van der Waals surface area contributed by atoms with Gasteiger partial charge in [0.25, 0.3) is 5.56 Å². The Hall–Kier alpha value is -1.99. The van der Waals surface area contributed by atoms with Crippen molar-refractivity contribution in [3.05, 3.63) is 53.9 Å². The summed E-state index contributed by atoms with van der Waals surface area (Å²) in [6.07, 6.45) is 15.2. The molecule has 8 heteroatoms. The third kappa shape index (κ3) is 13.3. The third-order valence-electron chi connectivity index (χ3n) is 6.35. The largest absolute Gasteiger partial charge is 0.492 e. The topological polar surface area (TPSA) is 73.3 Å². The van der Waals surface area contributed by atoms with Crippen LogP contribution >= 0.6 is 22.6 Å². The van der Waals surface area contributed by atoms with Crippen LogP contribution in [0.25, 0.3) is 0 Å². The number of hydrogen-bond acceptors (Lipinski definition) is 4. The zero-order valence-corrected chi connectivity index (χ0v) is 27.7. The van der Waals surface area contributed by atoms with Gasteiger partial charge in [0.2, 0.25) is 0 Å². The van der Waals surface area contributed by atoms with E-state index in [0.717, 1.165) is 27.1 Å². The Morgan fingerprint density at radius 3 is 2.10 bits per heavy atom. The number of aromatic amines is 1. The standard InChI is InChI=1S/C31H47IN2O4Si/c1-6-7-8-9-10-11-12-13-14-15-19-37-28-23-27(32)29(22-26(28)17-21-39(3,4)5)38-20-16-18-34-24-25(2)30(35)33-31(34)36/h22-24H,6-16,18-20H2,1-5H3,(H,33,35,36). The second-order valence-electron chi connectivity index (χ2n) is 11.3. The van der Waals surface area contributed by atoms with Gasteiger partial charge in [0.15, 0.2) is 0 Å². The quantitative estimate of drug-likeness (QED) is 0.0825. The van der Waals surface area contributed by atoms with Gasteiger partial charge in [0.05, 0.1) is 22.3 Å². The molecule has 0 radical (unpaired) electrons. The number of unbranched alkanes of at least 4 members (excludes halogenated alkanes) is 9. The van der Waals surface area contributed by atoms with Crippen molar-refractivity contribution in [1.29, 1.82) is 0 Å². The van der Waals surface area contributed by atoms with E-state index in [1.807, 2.05) is 12.1 Å². The maximum absolute atomic E-state index is 12.0. The van der Waals surface area contributed by atoms with Crippen molar-refractivity contribution >= 4 is 30.7 Å². The summed E-state index contributed by atoms with van der Waals surface area (Å²) in [4.78, 5) is 25.9. The maximum atomic E-state index is 12.0. The lowest BCUT2D eigenvalue weighted by Crippen LogP contribution is -2.31. The predicted molar refractivity (Wildman–Crippen MR) is 173 cm³/mol. The van der Waals surface area contributed by atoms with Gasteiger partial charge in [-0.05, 0) is 48.4 Å². The molecule has 2 aromatic rings. The van der Waals surface area contributed by atoms with E-state index in [4.69, 9.17) is 9.47 Å². The summed E-state index contributed by atoms with van der Waals surface area (Å²) in [5.41, 5.74) is 4.10. The fourth-order valence-corrected chi connectivity index (χ4v) is 5.19. The van der Waals surface area contributed by atoms with Gasteiger partial charge < -0.3 is 14.0 Å². The average molecular weight is 667 g/mol. The molecule has 0 aliphatic rings. The molecule has 1 N–H and O–H groups in total. The van der Waals surface area contributed by atoms with Gasteiger partial charge >= 0.3 is 5.69 Å². The predicted octanol–water partition coefficient (Wildman–Crippen LogP) is 7.45. The van der Waals surface area contributed by atoms with E-state index in [2.05, 4.69) is 65.6 Å². The Labute approximate surface area is 249 Å². The van der Waals surface area contributed by atoms with Crippen LogP contribution < -0.4 is 20.7 Å². The molecular formula is C31H47IN2O4Si. The summed E-state index contributed by atoms with van der Waals surface area (Å²) in [5.74, 6) is 4.96. The molecule has 0 aliphatic carbocycles. The van der Waals surface area contributed by atoms with Crippen molar-refractivity contribution in [3.8, 4) is 23.0 Å². The highest BCUT2D eigenvalue weighted by molar-refractivity contribution is 14.1. The second-order valence-corrected chi connectivity index (χ2v) is 17.2. The van der Waals surface area contributed by atoms with E-state index < -0.39 is 13.8 Å². The number of halogens is 1. The first-order valence-corrected chi connectivity index (χ1v) is 19.1. The van der Waals surface area contributed by atoms with E-state index >= 15 is 0 Å². The summed E-state index contributed by atoms with van der Waals surface area (Å²) in [5, 5.41) is 0. The lowest BCUT2D eigenvalue weighted by atomic mass is 10.1. The molecule has 1 aromatic heterocycles. The lowest BCUT2D eigenvalue weighted by Gasteiger charge is -2.14. The van der Waals surface area contributed by atoms with Crippen LogP contribution in [-0.4, -0.2) is 30.8 Å². The zero-order chi connectivity index (χ0) is 28.7. The molecule has 0 saturated carbocycles. The van der Waals surface area contributed by atoms with E-state index in [1.54, 1.807) is 13.1 Å². The van der Waals surface area contributed by atoms with Gasteiger partial charge in [-0.15, -0.1) is 5.54 Å². The number of ether oxygens (including phenoxy) is 2. The molecule has 0 atom stereocenters. The van der Waals surface area contributed by atoms with Crippen LogP contribution in [0, 0.1) is 22.0 Å². The van der Waals surface area contributed by atoms with Crippen LogP contribution in [0.5, 0.6) is 11.5 Å². The van der Waals surface area contributed by atoms with Crippen molar-refractivity contribution in [3.63, 3.8) is 0 Å². The SMILES string of the molecule is CCCCCCCCCCCCOc1cc(I)c(OCCCn2cc(C)c(=O)[nH]c2=O)cc1C#C[Si](C)(C)C. The first-order chi connectivity index (χ1) is 18.6. The van der Waals surface area contributed by atoms with Gasteiger partial charge in [-0.1, -0.05) is 90.3 Å². The smallest absolute Gasteiger partial charge is 0.328 e. The summed E-state index contributed by atoms with van der Waals surface area (Å²) < 4.78 is 14.8. The molecule has 0 saturated heterocycles. The van der Waals surface area contributed by atoms with Gasteiger partial charge in [0.1, 0.15) is 19.6 Å². The van der Waals surface area contributed by atoms with Crippen molar-refractivity contribution in [1.82, 2.24) is 9.55 Å². The van der Waals surface area contributed by atoms with Gasteiger partial charge in [0, 0.05) is 24.4 Å². The Balaban J connectivity index is 1.90. The molecule has 0 amide bonds. The monoisotopic (exact) mass is 666 g/mol. The average Bonchev–Trinajstić information content (AvgIpc) is 2.87. The lowest BCUT2D eigenvalue weighted by molar-refractivity contribution is 0.291. The molecule has 6 nitrogen and oxygen atoms in total. The summed E-state index contributed by atoms with van der Waals surface area (Å²) in [6, 6.07) is 4.01. The molecule has 0 spiro atoms. The van der Waals surface area contributed by atoms with Crippen molar-refractivity contribution in [2.24, 2.45) is 0 Å². The molecule has 216 valence electrons. The number of nitrogens with zero attached hydrogens (tertiary/aromatic N) is 1. The minimum Gasteiger partial charge on any atom is -0.492 e. The highest BCUT2D eigenvalue weighted by Gasteiger charge is 2.12. The van der Waals surface area contributed by atoms with Crippen LogP contribution in [0.3, 0.4) is 0 Å². The highest BCUT2D eigenvalue weighted by atomic mass is 127. The number of hydrogen-bond donors (Lipinski definition) is 1. The maximum Gasteiger partial charge on any atom is 0.328 e. The van der Waals surface area contributed by atoms with Crippen LogP contribution in [-0.2, 0) is 6.54 Å². The zero-order valence-electron chi connectivity index (χ0n) is 24.6. The molecule has 0 bridgehead atoms. The Bertz CT molecular complexity index is 1200. The van der Waals surface area contributed by atoms with Gasteiger partial charge in [-0.3, -0.25) is 9.78 Å². The fraction of sp³-hybridized carbons (Fsp3) is 0.613. The first kappa shape index (κ1) is 33.2. The number of aromatic nitrogens is 2. The van der Waals surface area contributed by atoms with Gasteiger partial charge in [-0.25, -0.2) is 4.79 Å². The number of H-pyrrole nitrogens is 1. The minimum atomic E-state index is -1.56. The van der Waals surface area contributed by atoms with E-state index in [9.17, 15) is 9.59 Å². The summed E-state index contributed by atoms with van der Waals surface area (Å²) in [7, 11) is -1.56. The molecule has 1 heterocycles. The van der Waals surface area contributed by atoms with Crippen LogP contribution in [0.1, 0.15) is 88.7 Å². The van der Waals surface area contributed by atoms with E-state index in [-0.39, 0.29) is 5.56 Å². The van der Waals surface area contributed by atoms with Crippen LogP contribution in [0.4, 0.5) is 0 Å². The van der Waals surface area contributed by atoms with Crippen LogP contribution in [0.15, 0.2) is 27.9 Å². The normalized spacial score (nSPS) is 11.2. The fourth-order valence-electron chi connectivity index (χ4n) is 4.09. The summed E-state index contributed by atoms with van der Waals surface area (Å²) >= 11 is 2.28. The van der Waals surface area contributed by atoms with Crippen molar-refractivity contribution in [2.45, 2.75) is 111 Å². The van der Waals surface area contributed by atoms with Crippen molar-refractivity contribution in [2.75, 3.05) is 13.2 Å². The summed E-state index contributed by atoms with van der Waals surface area (Å²) in [6.45, 7) is 12.3. The second kappa shape index (κ2) is 17.6. The van der Waals surface area contributed by atoms with E-state index in [1.165, 1.54) is 62.4 Å². The Kier molecular flexibility index (Phi) is 15.0. The minimum absolute atomic E-state index is 0.343. The molecule has 0 unspecified atom stereocenters. The third-order valence-corrected chi connectivity index (χ3v) is 8.07. The van der Waals surface area contributed by atoms with Crippen molar-refractivity contribution < 1.29 is 9.47 Å². The molecular weight excluding hydrogens is 619 g/mol. The molecule has 39 heavy (non-hydrogen) atoms. The molecule has 1 aromatic carbocycles. The number of rotatable bonds is 17. The molecule has 0 fully saturated rings.